The quantitative estimate of drug-likeness (QED) is 0.907. The molecule has 0 saturated carbocycles. The Balaban J connectivity index is 2.29. The van der Waals surface area contributed by atoms with Crippen LogP contribution in [-0.4, -0.2) is 15.9 Å². The van der Waals surface area contributed by atoms with Crippen LogP contribution in [0.25, 0.3) is 0 Å². The van der Waals surface area contributed by atoms with Gasteiger partial charge in [0.05, 0.1) is 16.0 Å². The molecule has 0 spiro atoms. The summed E-state index contributed by atoms with van der Waals surface area (Å²) in [7, 11) is 0. The second kappa shape index (κ2) is 5.96. The third kappa shape index (κ3) is 3.38. The number of halogens is 2. The van der Waals surface area contributed by atoms with E-state index in [9.17, 15) is 18.4 Å². The number of carbonyl (C=O) groups excluding carboxylic acids is 1. The highest BCUT2D eigenvalue weighted by Crippen LogP contribution is 2.29. The number of carbonyl (C=O) groups is 1. The van der Waals surface area contributed by atoms with Crippen molar-refractivity contribution in [1.29, 1.82) is 0 Å². The summed E-state index contributed by atoms with van der Waals surface area (Å²) < 4.78 is 25.7. The summed E-state index contributed by atoms with van der Waals surface area (Å²) in [4.78, 5) is 30.2. The van der Waals surface area contributed by atoms with Gasteiger partial charge in [0, 0.05) is 11.8 Å². The predicted octanol–water partition coefficient (Wildman–Crippen LogP) is 2.74. The van der Waals surface area contributed by atoms with E-state index in [1.807, 2.05) is 0 Å². The van der Waals surface area contributed by atoms with Crippen LogP contribution in [0.5, 0.6) is 0 Å². The van der Waals surface area contributed by atoms with E-state index >= 15 is 0 Å². The first-order valence-electron chi connectivity index (χ1n) is 6.47. The van der Waals surface area contributed by atoms with Crippen molar-refractivity contribution in [3.05, 3.63) is 49.8 Å². The standard InChI is InChI=1S/C14H15F2N3O2S/c1-7-6-9(20)18-13(17-7)14(2,3)19-12(21)8-4-5-22-10(8)11(15)16/h4-6,11H,1-3H3,(H,19,21)(H,17,18,20). The summed E-state index contributed by atoms with van der Waals surface area (Å²) in [5.74, 6) is -0.370. The number of aromatic nitrogens is 2. The molecule has 0 unspecified atom stereocenters. The van der Waals surface area contributed by atoms with Crippen LogP contribution in [0.4, 0.5) is 8.78 Å². The number of hydrogen-bond donors (Lipinski definition) is 2. The fraction of sp³-hybridized carbons (Fsp3) is 0.357. The summed E-state index contributed by atoms with van der Waals surface area (Å²) in [6.45, 7) is 4.93. The maximum atomic E-state index is 12.9. The molecule has 5 nitrogen and oxygen atoms in total. The van der Waals surface area contributed by atoms with E-state index in [1.165, 1.54) is 17.5 Å². The van der Waals surface area contributed by atoms with Crippen molar-refractivity contribution < 1.29 is 13.6 Å². The molecule has 0 aliphatic rings. The number of aromatic amines is 1. The summed E-state index contributed by atoms with van der Waals surface area (Å²) in [5, 5.41) is 4.07. The molecule has 2 heterocycles. The van der Waals surface area contributed by atoms with E-state index in [0.29, 0.717) is 5.69 Å². The van der Waals surface area contributed by atoms with Gasteiger partial charge in [-0.05, 0) is 32.2 Å². The average Bonchev–Trinajstić information content (AvgIpc) is 2.86. The van der Waals surface area contributed by atoms with E-state index in [0.717, 1.165) is 11.3 Å². The van der Waals surface area contributed by atoms with Crippen molar-refractivity contribution in [3.8, 4) is 0 Å². The van der Waals surface area contributed by atoms with Crippen molar-refractivity contribution in [3.63, 3.8) is 0 Å². The van der Waals surface area contributed by atoms with Crippen molar-refractivity contribution in [2.45, 2.75) is 32.7 Å². The Bertz CT molecular complexity index is 753. The van der Waals surface area contributed by atoms with Gasteiger partial charge in [-0.2, -0.15) is 0 Å². The number of amides is 1. The van der Waals surface area contributed by atoms with Crippen molar-refractivity contribution >= 4 is 17.2 Å². The summed E-state index contributed by atoms with van der Waals surface area (Å²) >= 11 is 0.828. The molecule has 2 aromatic heterocycles. The van der Waals surface area contributed by atoms with Gasteiger partial charge in [0.1, 0.15) is 5.82 Å². The van der Waals surface area contributed by atoms with Crippen LogP contribution in [0.1, 0.15) is 47.0 Å². The van der Waals surface area contributed by atoms with E-state index in [2.05, 4.69) is 15.3 Å². The van der Waals surface area contributed by atoms with Crippen molar-refractivity contribution in [2.24, 2.45) is 0 Å². The maximum Gasteiger partial charge on any atom is 0.273 e. The summed E-state index contributed by atoms with van der Waals surface area (Å²) in [5.41, 5.74) is -0.912. The lowest BCUT2D eigenvalue weighted by atomic mass is 10.0. The molecule has 0 saturated heterocycles. The van der Waals surface area contributed by atoms with Crippen LogP contribution >= 0.6 is 11.3 Å². The highest BCUT2D eigenvalue weighted by molar-refractivity contribution is 7.10. The third-order valence-electron chi connectivity index (χ3n) is 3.03. The molecule has 0 aliphatic heterocycles. The average molecular weight is 327 g/mol. The van der Waals surface area contributed by atoms with Crippen molar-refractivity contribution in [2.75, 3.05) is 0 Å². The zero-order chi connectivity index (χ0) is 16.5. The monoisotopic (exact) mass is 327 g/mol. The zero-order valence-electron chi connectivity index (χ0n) is 12.2. The van der Waals surface area contributed by atoms with Crippen molar-refractivity contribution in [1.82, 2.24) is 15.3 Å². The Hall–Kier alpha value is -2.09. The molecule has 0 radical (unpaired) electrons. The van der Waals surface area contributed by atoms with Crippen LogP contribution in [-0.2, 0) is 5.54 Å². The Labute approximate surface area is 129 Å². The van der Waals surface area contributed by atoms with E-state index in [4.69, 9.17) is 0 Å². The minimum absolute atomic E-state index is 0.0666. The molecule has 1 amide bonds. The van der Waals surface area contributed by atoms with Crippen LogP contribution in [0.3, 0.4) is 0 Å². The van der Waals surface area contributed by atoms with Gasteiger partial charge in [-0.1, -0.05) is 0 Å². The minimum atomic E-state index is -2.71. The molecule has 22 heavy (non-hydrogen) atoms. The van der Waals surface area contributed by atoms with E-state index in [1.54, 1.807) is 20.8 Å². The first-order chi connectivity index (χ1) is 10.2. The van der Waals surface area contributed by atoms with Gasteiger partial charge < -0.3 is 10.3 Å². The topological polar surface area (TPSA) is 74.8 Å². The normalized spacial score (nSPS) is 11.7. The molecular formula is C14H15F2N3O2S. The Morgan fingerprint density at radius 3 is 2.73 bits per heavy atom. The highest BCUT2D eigenvalue weighted by atomic mass is 32.1. The molecule has 2 rings (SSSR count). The summed E-state index contributed by atoms with van der Waals surface area (Å²) in [6, 6.07) is 2.68. The summed E-state index contributed by atoms with van der Waals surface area (Å²) in [6.07, 6.45) is -2.71. The van der Waals surface area contributed by atoms with E-state index < -0.39 is 17.9 Å². The number of thiophene rings is 1. The lowest BCUT2D eigenvalue weighted by Crippen LogP contribution is -2.43. The predicted molar refractivity (Wildman–Crippen MR) is 79.4 cm³/mol. The van der Waals surface area contributed by atoms with Gasteiger partial charge in [-0.15, -0.1) is 11.3 Å². The van der Waals surface area contributed by atoms with Gasteiger partial charge in [0.2, 0.25) is 0 Å². The fourth-order valence-electron chi connectivity index (χ4n) is 1.96. The largest absolute Gasteiger partial charge is 0.340 e. The smallest absolute Gasteiger partial charge is 0.273 e. The Morgan fingerprint density at radius 1 is 1.45 bits per heavy atom. The lowest BCUT2D eigenvalue weighted by Gasteiger charge is -2.25. The molecule has 0 bridgehead atoms. The number of nitrogens with one attached hydrogen (secondary N) is 2. The number of alkyl halides is 2. The van der Waals surface area contributed by atoms with Gasteiger partial charge in [0.25, 0.3) is 17.9 Å². The zero-order valence-corrected chi connectivity index (χ0v) is 13.1. The fourth-order valence-corrected chi connectivity index (χ4v) is 2.70. The molecule has 2 aromatic rings. The second-order valence-corrected chi connectivity index (χ2v) is 6.26. The lowest BCUT2D eigenvalue weighted by molar-refractivity contribution is 0.0897. The first kappa shape index (κ1) is 16.3. The van der Waals surface area contributed by atoms with Crippen LogP contribution in [0.15, 0.2) is 22.3 Å². The number of nitrogens with zero attached hydrogens (tertiary/aromatic N) is 1. The van der Waals surface area contributed by atoms with Crippen LogP contribution in [0.2, 0.25) is 0 Å². The number of hydrogen-bond acceptors (Lipinski definition) is 4. The number of aryl methyl sites for hydroxylation is 1. The van der Waals surface area contributed by atoms with Gasteiger partial charge in [-0.3, -0.25) is 9.59 Å². The highest BCUT2D eigenvalue weighted by Gasteiger charge is 2.29. The molecule has 0 atom stereocenters. The van der Waals surface area contributed by atoms with E-state index in [-0.39, 0.29) is 21.8 Å². The molecular weight excluding hydrogens is 312 g/mol. The van der Waals surface area contributed by atoms with Crippen LogP contribution in [0, 0.1) is 6.92 Å². The molecule has 0 aromatic carbocycles. The Morgan fingerprint density at radius 2 is 2.14 bits per heavy atom. The van der Waals surface area contributed by atoms with Crippen LogP contribution < -0.4 is 10.9 Å². The van der Waals surface area contributed by atoms with Gasteiger partial charge in [-0.25, -0.2) is 13.8 Å². The number of rotatable bonds is 4. The molecule has 0 aliphatic carbocycles. The maximum absolute atomic E-state index is 12.9. The molecule has 118 valence electrons. The van der Waals surface area contributed by atoms with Gasteiger partial charge >= 0.3 is 0 Å². The number of H-pyrrole nitrogens is 1. The molecule has 2 N–H and O–H groups in total. The Kier molecular flexibility index (Phi) is 4.41. The van der Waals surface area contributed by atoms with Gasteiger partial charge in [0.15, 0.2) is 0 Å². The SMILES string of the molecule is Cc1cc(=O)[nH]c(C(C)(C)NC(=O)c2ccsc2C(F)F)n1. The third-order valence-corrected chi connectivity index (χ3v) is 3.95. The second-order valence-electron chi connectivity index (χ2n) is 5.31. The molecule has 8 heteroatoms. The molecule has 0 fully saturated rings. The first-order valence-corrected chi connectivity index (χ1v) is 7.35. The minimum Gasteiger partial charge on any atom is -0.340 e.